The first-order valence-corrected chi connectivity index (χ1v) is 9.52. The van der Waals surface area contributed by atoms with E-state index in [9.17, 15) is 31.6 Å². The molecule has 0 saturated heterocycles. The van der Waals surface area contributed by atoms with Crippen LogP contribution >= 0.6 is 0 Å². The molecule has 4 aromatic rings. The normalized spacial score (nSPS) is 11.9. The van der Waals surface area contributed by atoms with Gasteiger partial charge < -0.3 is 0 Å². The van der Waals surface area contributed by atoms with Crippen molar-refractivity contribution in [3.8, 4) is 40.1 Å². The van der Waals surface area contributed by atoms with Gasteiger partial charge in [0, 0.05) is 18.2 Å². The number of aromatic nitrogens is 5. The van der Waals surface area contributed by atoms with Gasteiger partial charge in [0.25, 0.3) is 0 Å². The van der Waals surface area contributed by atoms with Crippen molar-refractivity contribution in [1.82, 2.24) is 25.0 Å². The van der Waals surface area contributed by atoms with Gasteiger partial charge in [-0.05, 0) is 30.3 Å². The number of halogens is 6. The number of nitriles is 1. The lowest BCUT2D eigenvalue weighted by atomic mass is 10.1. The Morgan fingerprint density at radius 2 is 1.26 bits per heavy atom. The molecular weight excluding hydrogens is 462 g/mol. The highest BCUT2D eigenvalue weighted by Crippen LogP contribution is 2.34. The van der Waals surface area contributed by atoms with Crippen LogP contribution in [0.25, 0.3) is 34.0 Å². The molecule has 0 unspecified atom stereocenters. The maximum atomic E-state index is 12.9. The molecule has 0 aliphatic rings. The van der Waals surface area contributed by atoms with Crippen LogP contribution in [-0.4, -0.2) is 25.0 Å². The van der Waals surface area contributed by atoms with Crippen LogP contribution in [0.5, 0.6) is 0 Å². The first-order chi connectivity index (χ1) is 16.0. The first-order valence-electron chi connectivity index (χ1n) is 9.52. The van der Waals surface area contributed by atoms with Crippen LogP contribution in [0.4, 0.5) is 26.3 Å². The van der Waals surface area contributed by atoms with Gasteiger partial charge >= 0.3 is 12.4 Å². The number of nitrogens with zero attached hydrogens (tertiary/aromatic N) is 6. The summed E-state index contributed by atoms with van der Waals surface area (Å²) in [6.07, 6.45) is -9.06. The minimum Gasteiger partial charge on any atom is -0.237 e. The number of benzene rings is 2. The number of rotatable bonds is 3. The minimum absolute atomic E-state index is 0.00401. The van der Waals surface area contributed by atoms with Gasteiger partial charge in [-0.2, -0.15) is 31.6 Å². The van der Waals surface area contributed by atoms with Gasteiger partial charge in [0.2, 0.25) is 0 Å². The van der Waals surface area contributed by atoms with E-state index in [2.05, 4.69) is 20.3 Å². The topological polar surface area (TPSA) is 80.3 Å². The summed E-state index contributed by atoms with van der Waals surface area (Å²) >= 11 is 0. The zero-order valence-corrected chi connectivity index (χ0v) is 17.1. The molecule has 0 saturated carbocycles. The third kappa shape index (κ3) is 4.45. The Balaban J connectivity index is 1.87. The van der Waals surface area contributed by atoms with E-state index in [0.717, 1.165) is 24.3 Å². The number of hydrogen-bond acceptors (Lipinski definition) is 5. The fourth-order valence-electron chi connectivity index (χ4n) is 3.14. The van der Waals surface area contributed by atoms with E-state index in [1.807, 2.05) is 6.07 Å². The molecule has 34 heavy (non-hydrogen) atoms. The van der Waals surface area contributed by atoms with Gasteiger partial charge in [-0.3, -0.25) is 0 Å². The van der Waals surface area contributed by atoms with Crippen molar-refractivity contribution in [2.75, 3.05) is 0 Å². The van der Waals surface area contributed by atoms with Crippen molar-refractivity contribution < 1.29 is 26.3 Å². The van der Waals surface area contributed by atoms with E-state index >= 15 is 0 Å². The lowest BCUT2D eigenvalue weighted by molar-refractivity contribution is -0.138. The second-order valence-corrected chi connectivity index (χ2v) is 7.13. The summed E-state index contributed by atoms with van der Waals surface area (Å²) in [5.41, 5.74) is -0.723. The highest BCUT2D eigenvalue weighted by molar-refractivity contribution is 5.72. The van der Waals surface area contributed by atoms with Gasteiger partial charge in [-0.25, -0.2) is 14.6 Å². The molecule has 2 aromatic heterocycles. The molecule has 2 aromatic carbocycles. The van der Waals surface area contributed by atoms with Gasteiger partial charge in [-0.15, -0.1) is 5.10 Å². The minimum atomic E-state index is -4.53. The van der Waals surface area contributed by atoms with Crippen LogP contribution in [0.1, 0.15) is 16.8 Å². The Morgan fingerprint density at radius 3 is 1.76 bits per heavy atom. The van der Waals surface area contributed by atoms with Crippen molar-refractivity contribution >= 4 is 0 Å². The first kappa shape index (κ1) is 22.9. The molecule has 4 rings (SSSR count). The Hall–Kier alpha value is -4.27. The molecular formula is C22H12F6N6. The molecule has 172 valence electrons. The molecule has 6 nitrogen and oxygen atoms in total. The zero-order chi connectivity index (χ0) is 24.7. The van der Waals surface area contributed by atoms with Crippen molar-refractivity contribution in [3.63, 3.8) is 0 Å². The van der Waals surface area contributed by atoms with E-state index in [1.54, 1.807) is 0 Å². The molecule has 0 amide bonds. The summed E-state index contributed by atoms with van der Waals surface area (Å²) in [5.74, 6) is -0.00401. The fraction of sp³-hybridized carbons (Fsp3) is 0.136. The standard InChI is InChI=1S/C22H12F6N6/c1-34-18(11-29)19(32-33-34)17-10-16(12-2-6-14(7-3-12)21(23,24)25)30-20(31-17)13-4-8-15(9-5-13)22(26,27)28/h2-10H,1H3. The summed E-state index contributed by atoms with van der Waals surface area (Å²) in [5, 5.41) is 17.1. The van der Waals surface area contributed by atoms with Gasteiger partial charge in [0.15, 0.2) is 11.5 Å². The average molecular weight is 474 g/mol. The van der Waals surface area contributed by atoms with Crippen LogP contribution in [0, 0.1) is 11.3 Å². The third-order valence-corrected chi connectivity index (χ3v) is 4.88. The van der Waals surface area contributed by atoms with Gasteiger partial charge in [0.1, 0.15) is 11.8 Å². The van der Waals surface area contributed by atoms with E-state index < -0.39 is 23.5 Å². The second-order valence-electron chi connectivity index (χ2n) is 7.13. The molecule has 0 N–H and O–H groups in total. The van der Waals surface area contributed by atoms with E-state index in [1.165, 1.54) is 42.1 Å². The van der Waals surface area contributed by atoms with Crippen LogP contribution < -0.4 is 0 Å². The highest BCUT2D eigenvalue weighted by Gasteiger charge is 2.31. The van der Waals surface area contributed by atoms with Crippen LogP contribution in [0.15, 0.2) is 54.6 Å². The molecule has 0 spiro atoms. The number of alkyl halides is 6. The quantitative estimate of drug-likeness (QED) is 0.366. The lowest BCUT2D eigenvalue weighted by Crippen LogP contribution is -2.05. The summed E-state index contributed by atoms with van der Waals surface area (Å²) < 4.78 is 78.8. The van der Waals surface area contributed by atoms with Crippen LogP contribution in [0.3, 0.4) is 0 Å². The van der Waals surface area contributed by atoms with Gasteiger partial charge in [0.05, 0.1) is 22.5 Å². The summed E-state index contributed by atoms with van der Waals surface area (Å²) in [4.78, 5) is 8.66. The second kappa shape index (κ2) is 8.26. The van der Waals surface area contributed by atoms with Crippen molar-refractivity contribution in [2.45, 2.75) is 12.4 Å². The van der Waals surface area contributed by atoms with Crippen molar-refractivity contribution in [1.29, 1.82) is 5.26 Å². The smallest absolute Gasteiger partial charge is 0.237 e. The van der Waals surface area contributed by atoms with Gasteiger partial charge in [-0.1, -0.05) is 29.5 Å². The highest BCUT2D eigenvalue weighted by atomic mass is 19.4. The fourth-order valence-corrected chi connectivity index (χ4v) is 3.14. The maximum Gasteiger partial charge on any atom is 0.416 e. The maximum absolute atomic E-state index is 12.9. The Morgan fingerprint density at radius 1 is 0.765 bits per heavy atom. The molecule has 0 atom stereocenters. The van der Waals surface area contributed by atoms with Crippen molar-refractivity contribution in [3.05, 3.63) is 71.4 Å². The summed E-state index contributed by atoms with van der Waals surface area (Å²) in [6, 6.07) is 11.7. The van der Waals surface area contributed by atoms with Crippen molar-refractivity contribution in [2.24, 2.45) is 7.05 Å². The third-order valence-electron chi connectivity index (χ3n) is 4.88. The lowest BCUT2D eigenvalue weighted by Gasteiger charge is -2.11. The Labute approximate surface area is 188 Å². The molecule has 0 aliphatic carbocycles. The molecule has 0 bridgehead atoms. The molecule has 0 radical (unpaired) electrons. The average Bonchev–Trinajstić information content (AvgIpc) is 3.18. The van der Waals surface area contributed by atoms with E-state index in [-0.39, 0.29) is 34.2 Å². The molecule has 0 aliphatic heterocycles. The van der Waals surface area contributed by atoms with E-state index in [4.69, 9.17) is 0 Å². The molecule has 12 heteroatoms. The van der Waals surface area contributed by atoms with Crippen LogP contribution in [0.2, 0.25) is 0 Å². The summed E-state index contributed by atoms with van der Waals surface area (Å²) in [7, 11) is 1.49. The molecule has 2 heterocycles. The Kier molecular flexibility index (Phi) is 5.56. The zero-order valence-electron chi connectivity index (χ0n) is 17.1. The van der Waals surface area contributed by atoms with Crippen LogP contribution in [-0.2, 0) is 19.4 Å². The monoisotopic (exact) mass is 474 g/mol. The SMILES string of the molecule is Cn1nnc(-c2cc(-c3ccc(C(F)(F)F)cc3)nc(-c3ccc(C(F)(F)F)cc3)n2)c1C#N. The largest absolute Gasteiger partial charge is 0.416 e. The molecule has 0 fully saturated rings. The number of aryl methyl sites for hydroxylation is 1. The predicted octanol–water partition coefficient (Wildman–Crippen LogP) is 5.52. The van der Waals surface area contributed by atoms with E-state index in [0.29, 0.717) is 5.56 Å². The predicted molar refractivity (Wildman–Crippen MR) is 108 cm³/mol. The number of hydrogen-bond donors (Lipinski definition) is 0. The summed E-state index contributed by atoms with van der Waals surface area (Å²) in [6.45, 7) is 0. The Bertz CT molecular complexity index is 1300.